The van der Waals surface area contributed by atoms with E-state index >= 15 is 0 Å². The Hall–Kier alpha value is -1.06. The highest BCUT2D eigenvalue weighted by atomic mass is 17.2. The zero-order chi connectivity index (χ0) is 23.5. The maximum absolute atomic E-state index is 12.9. The zero-order valence-corrected chi connectivity index (χ0v) is 21.6. The number of carbonyl (C=O) groups is 2. The molecule has 0 aromatic carbocycles. The highest BCUT2D eigenvalue weighted by Gasteiger charge is 2.40. The summed E-state index contributed by atoms with van der Waals surface area (Å²) in [5.41, 5.74) is 0.0616. The van der Waals surface area contributed by atoms with Gasteiger partial charge in [-0.1, -0.05) is 94.9 Å². The average molecular weight is 427 g/mol. The minimum Gasteiger partial charge on any atom is -0.247 e. The molecule has 0 aromatic rings. The van der Waals surface area contributed by atoms with Crippen LogP contribution in [0.1, 0.15) is 121 Å². The molecule has 0 fully saturated rings. The third-order valence-electron chi connectivity index (χ3n) is 7.69. The smallest absolute Gasteiger partial charge is 0.247 e. The van der Waals surface area contributed by atoms with Gasteiger partial charge in [-0.15, -0.1) is 0 Å². The highest BCUT2D eigenvalue weighted by molar-refractivity contribution is 5.76. The molecule has 0 spiro atoms. The van der Waals surface area contributed by atoms with Gasteiger partial charge in [0.05, 0.1) is 11.8 Å². The summed E-state index contributed by atoms with van der Waals surface area (Å²) in [6, 6.07) is 0. The normalized spacial score (nSPS) is 16.5. The molecule has 0 aliphatic rings. The van der Waals surface area contributed by atoms with Crippen molar-refractivity contribution >= 4 is 11.9 Å². The number of rotatable bonds is 14. The Bertz CT molecular complexity index is 463. The van der Waals surface area contributed by atoms with Crippen molar-refractivity contribution in [1.82, 2.24) is 0 Å². The van der Waals surface area contributed by atoms with Crippen LogP contribution in [0.25, 0.3) is 0 Å². The average Bonchev–Trinajstić information content (AvgIpc) is 2.71. The number of carbonyl (C=O) groups excluding carboxylic acids is 2. The molecular formula is C26H50O4. The van der Waals surface area contributed by atoms with E-state index in [1.54, 1.807) is 0 Å². The summed E-state index contributed by atoms with van der Waals surface area (Å²) in [7, 11) is 0. The summed E-state index contributed by atoms with van der Waals surface area (Å²) < 4.78 is 0. The minimum atomic E-state index is -0.400. The Balaban J connectivity index is 5.36. The summed E-state index contributed by atoms with van der Waals surface area (Å²) in [6.45, 7) is 21.5. The van der Waals surface area contributed by atoms with Gasteiger partial charge < -0.3 is 0 Å². The molecule has 30 heavy (non-hydrogen) atoms. The molecule has 0 aliphatic carbocycles. The fourth-order valence-corrected chi connectivity index (χ4v) is 4.86. The van der Waals surface area contributed by atoms with E-state index in [0.29, 0.717) is 12.8 Å². The van der Waals surface area contributed by atoms with Crippen LogP contribution >= 0.6 is 0 Å². The van der Waals surface area contributed by atoms with Crippen LogP contribution in [0.15, 0.2) is 0 Å². The third-order valence-corrected chi connectivity index (χ3v) is 7.69. The third kappa shape index (κ3) is 7.89. The van der Waals surface area contributed by atoms with Crippen molar-refractivity contribution in [1.29, 1.82) is 0 Å². The molecule has 0 aliphatic heterocycles. The Morgan fingerprint density at radius 1 is 0.633 bits per heavy atom. The molecule has 4 unspecified atom stereocenters. The maximum atomic E-state index is 12.9. The summed E-state index contributed by atoms with van der Waals surface area (Å²) in [4.78, 5) is 36.2. The lowest BCUT2D eigenvalue weighted by Crippen LogP contribution is -2.38. The maximum Gasteiger partial charge on any atom is 0.358 e. The molecule has 4 atom stereocenters. The predicted octanol–water partition coefficient (Wildman–Crippen LogP) is 7.75. The van der Waals surface area contributed by atoms with E-state index in [1.807, 2.05) is 13.8 Å². The van der Waals surface area contributed by atoms with Crippen LogP contribution in [-0.4, -0.2) is 11.9 Å². The van der Waals surface area contributed by atoms with Gasteiger partial charge >= 0.3 is 11.9 Å². The Morgan fingerprint density at radius 2 is 0.933 bits per heavy atom. The largest absolute Gasteiger partial charge is 0.358 e. The van der Waals surface area contributed by atoms with Crippen molar-refractivity contribution < 1.29 is 19.4 Å². The molecule has 178 valence electrons. The minimum absolute atomic E-state index is 0.0308. The van der Waals surface area contributed by atoms with E-state index in [2.05, 4.69) is 55.4 Å². The lowest BCUT2D eigenvalue weighted by Gasteiger charge is -2.38. The van der Waals surface area contributed by atoms with Gasteiger partial charge in [0.25, 0.3) is 0 Å². The van der Waals surface area contributed by atoms with Crippen molar-refractivity contribution in [2.45, 2.75) is 121 Å². The summed E-state index contributed by atoms with van der Waals surface area (Å²) in [6.07, 6.45) is 7.30. The van der Waals surface area contributed by atoms with Crippen molar-refractivity contribution in [3.63, 3.8) is 0 Å². The fourth-order valence-electron chi connectivity index (χ4n) is 4.86. The Kier molecular flexibility index (Phi) is 12.9. The molecule has 4 heteroatoms. The summed E-state index contributed by atoms with van der Waals surface area (Å²) >= 11 is 0. The molecule has 4 nitrogen and oxygen atoms in total. The molecule has 0 aromatic heterocycles. The van der Waals surface area contributed by atoms with E-state index in [-0.39, 0.29) is 34.5 Å². The quantitative estimate of drug-likeness (QED) is 0.210. The Morgan fingerprint density at radius 3 is 1.13 bits per heavy atom. The van der Waals surface area contributed by atoms with Crippen molar-refractivity contribution in [2.24, 2.45) is 34.5 Å². The molecular weight excluding hydrogens is 376 g/mol. The van der Waals surface area contributed by atoms with Gasteiger partial charge in [0.15, 0.2) is 0 Å². The molecule has 0 rings (SSSR count). The molecule has 0 heterocycles. The van der Waals surface area contributed by atoms with Gasteiger partial charge in [-0.2, -0.15) is 0 Å². The SMILES string of the molecule is CCCC(C(CC)C(=O)OOC(=O)C(CC)C(CCC)C(C)(C)CC)C(C)(C)CC. The number of hydrogen-bond donors (Lipinski definition) is 0. The van der Waals surface area contributed by atoms with Gasteiger partial charge in [-0.3, -0.25) is 0 Å². The molecule has 0 saturated heterocycles. The predicted molar refractivity (Wildman–Crippen MR) is 125 cm³/mol. The first-order chi connectivity index (χ1) is 14.0. The molecule has 0 amide bonds. The molecule has 0 bridgehead atoms. The van der Waals surface area contributed by atoms with E-state index < -0.39 is 11.9 Å². The van der Waals surface area contributed by atoms with Crippen molar-refractivity contribution in [3.05, 3.63) is 0 Å². The first-order valence-electron chi connectivity index (χ1n) is 12.4. The van der Waals surface area contributed by atoms with Gasteiger partial charge in [0.2, 0.25) is 0 Å². The van der Waals surface area contributed by atoms with Crippen LogP contribution in [-0.2, 0) is 19.4 Å². The summed E-state index contributed by atoms with van der Waals surface area (Å²) in [5.74, 6) is -0.905. The van der Waals surface area contributed by atoms with Crippen LogP contribution < -0.4 is 0 Å². The second-order valence-corrected chi connectivity index (χ2v) is 10.3. The van der Waals surface area contributed by atoms with Gasteiger partial charge in [-0.05, 0) is 48.3 Å². The molecule has 0 N–H and O–H groups in total. The van der Waals surface area contributed by atoms with E-state index in [4.69, 9.17) is 9.78 Å². The lowest BCUT2D eigenvalue weighted by molar-refractivity contribution is -0.269. The van der Waals surface area contributed by atoms with E-state index in [1.165, 1.54) is 0 Å². The van der Waals surface area contributed by atoms with Crippen LogP contribution in [0.5, 0.6) is 0 Å². The van der Waals surface area contributed by atoms with Crippen LogP contribution in [0, 0.1) is 34.5 Å². The second kappa shape index (κ2) is 13.4. The van der Waals surface area contributed by atoms with Gasteiger partial charge in [-0.25, -0.2) is 19.4 Å². The standard InChI is InChI=1S/C26H50O4/c1-11-17-21(25(7,8)15-5)19(13-3)23(27)29-30-24(28)20(14-4)22(18-12-2)26(9,10)16-6/h19-22H,11-18H2,1-10H3. The van der Waals surface area contributed by atoms with E-state index in [0.717, 1.165) is 38.5 Å². The fraction of sp³-hybridized carbons (Fsp3) is 0.923. The zero-order valence-electron chi connectivity index (χ0n) is 21.6. The second-order valence-electron chi connectivity index (χ2n) is 10.3. The van der Waals surface area contributed by atoms with Crippen LogP contribution in [0.2, 0.25) is 0 Å². The highest BCUT2D eigenvalue weighted by Crippen LogP contribution is 2.42. The van der Waals surface area contributed by atoms with Crippen LogP contribution in [0.3, 0.4) is 0 Å². The first kappa shape index (κ1) is 28.9. The first-order valence-corrected chi connectivity index (χ1v) is 12.4. The topological polar surface area (TPSA) is 52.6 Å². The Labute approximate surface area is 186 Å². The van der Waals surface area contributed by atoms with Crippen molar-refractivity contribution in [2.75, 3.05) is 0 Å². The number of hydrogen-bond acceptors (Lipinski definition) is 4. The molecule has 0 radical (unpaired) electrons. The van der Waals surface area contributed by atoms with Crippen molar-refractivity contribution in [3.8, 4) is 0 Å². The lowest BCUT2D eigenvalue weighted by atomic mass is 9.67. The monoisotopic (exact) mass is 426 g/mol. The van der Waals surface area contributed by atoms with Gasteiger partial charge in [0.1, 0.15) is 0 Å². The van der Waals surface area contributed by atoms with Gasteiger partial charge in [0, 0.05) is 0 Å². The summed E-state index contributed by atoms with van der Waals surface area (Å²) in [5, 5.41) is 0. The van der Waals surface area contributed by atoms with Crippen LogP contribution in [0.4, 0.5) is 0 Å². The van der Waals surface area contributed by atoms with E-state index in [9.17, 15) is 9.59 Å². The molecule has 0 saturated carbocycles.